The molecule has 1 unspecified atom stereocenters. The fraction of sp³-hybridized carbons (Fsp3) is 0.308. The van der Waals surface area contributed by atoms with Crippen LogP contribution in [0.15, 0.2) is 54.9 Å². The van der Waals surface area contributed by atoms with Crippen molar-refractivity contribution in [2.24, 2.45) is 5.73 Å². The molecule has 4 N–H and O–H groups in total. The molecule has 10 heteroatoms. The average Bonchev–Trinajstić information content (AvgIpc) is 3.34. The van der Waals surface area contributed by atoms with E-state index in [0.29, 0.717) is 23.5 Å². The Morgan fingerprint density at radius 1 is 1.00 bits per heavy atom. The first-order valence-corrected chi connectivity index (χ1v) is 11.9. The number of nitrogens with zero attached hydrogens (tertiary/aromatic N) is 3. The maximum Gasteiger partial charge on any atom is 0.270 e. The van der Waals surface area contributed by atoms with Gasteiger partial charge in [0.1, 0.15) is 17.8 Å². The summed E-state index contributed by atoms with van der Waals surface area (Å²) in [7, 11) is 0. The number of hydrogen-bond donors (Lipinski definition) is 3. The van der Waals surface area contributed by atoms with Crippen molar-refractivity contribution in [2.75, 3.05) is 25.0 Å². The van der Waals surface area contributed by atoms with Gasteiger partial charge in [-0.05, 0) is 81.4 Å². The highest BCUT2D eigenvalue weighted by Gasteiger charge is 2.24. The summed E-state index contributed by atoms with van der Waals surface area (Å²) in [5.41, 5.74) is 6.80. The van der Waals surface area contributed by atoms with Crippen LogP contribution in [0.5, 0.6) is 0 Å². The van der Waals surface area contributed by atoms with Gasteiger partial charge in [0.15, 0.2) is 5.69 Å². The highest BCUT2D eigenvalue weighted by atomic mass is 19.1. The summed E-state index contributed by atoms with van der Waals surface area (Å²) in [5, 5.41) is 5.65. The number of imidazole rings is 1. The van der Waals surface area contributed by atoms with Gasteiger partial charge in [0, 0.05) is 29.5 Å². The summed E-state index contributed by atoms with van der Waals surface area (Å²) in [6.45, 7) is 4.50. The summed E-state index contributed by atoms with van der Waals surface area (Å²) < 4.78 is 14.6. The molecule has 9 nitrogen and oxygen atoms in total. The van der Waals surface area contributed by atoms with E-state index in [4.69, 9.17) is 5.73 Å². The fourth-order valence-corrected chi connectivity index (χ4v) is 4.26. The Morgan fingerprint density at radius 3 is 2.31 bits per heavy atom. The monoisotopic (exact) mass is 492 g/mol. The van der Waals surface area contributed by atoms with Gasteiger partial charge in [-0.1, -0.05) is 6.42 Å². The van der Waals surface area contributed by atoms with E-state index in [9.17, 15) is 18.8 Å². The highest BCUT2D eigenvalue weighted by molar-refractivity contribution is 6.05. The number of carbonyl (C=O) groups excluding carboxylic acids is 3. The van der Waals surface area contributed by atoms with Crippen LogP contribution >= 0.6 is 0 Å². The van der Waals surface area contributed by atoms with Gasteiger partial charge < -0.3 is 16.4 Å². The lowest BCUT2D eigenvalue weighted by atomic mass is 10.1. The minimum absolute atomic E-state index is 0.0523. The molecule has 2 heterocycles. The zero-order chi connectivity index (χ0) is 25.7. The van der Waals surface area contributed by atoms with Crippen molar-refractivity contribution in [3.63, 3.8) is 0 Å². The van der Waals surface area contributed by atoms with Crippen LogP contribution in [0.4, 0.5) is 10.1 Å². The minimum atomic E-state index is -0.800. The molecule has 2 aromatic carbocycles. The number of nitrogens with two attached hydrogens (primary N) is 1. The molecular weight excluding hydrogens is 463 g/mol. The maximum atomic E-state index is 13.1. The largest absolute Gasteiger partial charge is 0.364 e. The van der Waals surface area contributed by atoms with Gasteiger partial charge in [-0.3, -0.25) is 23.9 Å². The van der Waals surface area contributed by atoms with E-state index >= 15 is 0 Å². The molecule has 1 aliphatic rings. The van der Waals surface area contributed by atoms with Crippen LogP contribution in [0.2, 0.25) is 0 Å². The molecule has 188 valence electrons. The zero-order valence-corrected chi connectivity index (χ0v) is 20.0. The number of carbonyl (C=O) groups is 3. The van der Waals surface area contributed by atoms with Crippen LogP contribution in [-0.4, -0.2) is 57.8 Å². The van der Waals surface area contributed by atoms with Crippen molar-refractivity contribution in [3.8, 4) is 5.69 Å². The number of rotatable bonds is 8. The summed E-state index contributed by atoms with van der Waals surface area (Å²) in [6, 6.07) is 12.0. The number of halogens is 1. The first-order chi connectivity index (χ1) is 17.3. The first kappa shape index (κ1) is 25.1. The Balaban J connectivity index is 1.48. The van der Waals surface area contributed by atoms with E-state index in [-0.39, 0.29) is 23.3 Å². The molecule has 1 aliphatic heterocycles. The predicted molar refractivity (Wildman–Crippen MR) is 134 cm³/mol. The van der Waals surface area contributed by atoms with Crippen LogP contribution in [0, 0.1) is 5.82 Å². The van der Waals surface area contributed by atoms with E-state index in [1.54, 1.807) is 24.3 Å². The Kier molecular flexibility index (Phi) is 7.74. The zero-order valence-electron chi connectivity index (χ0n) is 20.0. The number of hydrogen-bond acceptors (Lipinski definition) is 5. The second-order valence-electron chi connectivity index (χ2n) is 8.84. The molecule has 1 saturated heterocycles. The molecular formula is C26H29FN6O3. The quantitative estimate of drug-likeness (QED) is 0.446. The number of primary amides is 1. The standard InChI is InChI=1S/C26H29FN6O3/c1-17(32-13-3-2-4-14-32)15-29-26(36)23-22(24(28)34)30-16-33(23)21-11-9-20(10-12-21)31-25(35)18-5-7-19(27)8-6-18/h5-12,16-17H,2-4,13-15H2,1H3,(H2,28,34)(H,29,36)(H,31,35). The van der Waals surface area contributed by atoms with Crippen LogP contribution < -0.4 is 16.4 Å². The smallest absolute Gasteiger partial charge is 0.270 e. The topological polar surface area (TPSA) is 122 Å². The molecule has 1 fully saturated rings. The normalized spacial score (nSPS) is 14.7. The number of piperidine rings is 1. The first-order valence-electron chi connectivity index (χ1n) is 11.9. The Bertz CT molecular complexity index is 1230. The Labute approximate surface area is 208 Å². The van der Waals surface area contributed by atoms with E-state index in [1.165, 1.54) is 41.6 Å². The van der Waals surface area contributed by atoms with E-state index in [0.717, 1.165) is 25.9 Å². The van der Waals surface area contributed by atoms with E-state index < -0.39 is 17.6 Å². The van der Waals surface area contributed by atoms with Crippen molar-refractivity contribution < 1.29 is 18.8 Å². The van der Waals surface area contributed by atoms with Crippen molar-refractivity contribution in [1.29, 1.82) is 0 Å². The molecule has 0 saturated carbocycles. The van der Waals surface area contributed by atoms with Gasteiger partial charge in [0.05, 0.1) is 0 Å². The van der Waals surface area contributed by atoms with Crippen molar-refractivity contribution in [1.82, 2.24) is 19.8 Å². The molecule has 1 aromatic heterocycles. The van der Waals surface area contributed by atoms with Crippen molar-refractivity contribution in [3.05, 3.63) is 77.6 Å². The summed E-state index contributed by atoms with van der Waals surface area (Å²) >= 11 is 0. The summed E-state index contributed by atoms with van der Waals surface area (Å²) in [4.78, 5) is 43.9. The predicted octanol–water partition coefficient (Wildman–Crippen LogP) is 2.97. The molecule has 3 amide bonds. The van der Waals surface area contributed by atoms with Crippen LogP contribution in [0.3, 0.4) is 0 Å². The third-order valence-electron chi connectivity index (χ3n) is 6.30. The molecule has 3 aromatic rings. The van der Waals surface area contributed by atoms with Crippen LogP contribution in [0.1, 0.15) is 57.5 Å². The lowest BCUT2D eigenvalue weighted by molar-refractivity contribution is 0.0909. The van der Waals surface area contributed by atoms with Gasteiger partial charge in [-0.2, -0.15) is 0 Å². The molecule has 1 atom stereocenters. The van der Waals surface area contributed by atoms with Crippen molar-refractivity contribution in [2.45, 2.75) is 32.2 Å². The number of anilines is 1. The number of benzene rings is 2. The van der Waals surface area contributed by atoms with Gasteiger partial charge >= 0.3 is 0 Å². The highest BCUT2D eigenvalue weighted by Crippen LogP contribution is 2.19. The van der Waals surface area contributed by atoms with Crippen LogP contribution in [0.25, 0.3) is 5.69 Å². The minimum Gasteiger partial charge on any atom is -0.364 e. The second-order valence-corrected chi connectivity index (χ2v) is 8.84. The number of nitrogens with one attached hydrogen (secondary N) is 2. The van der Waals surface area contributed by atoms with E-state index in [2.05, 4.69) is 27.4 Å². The van der Waals surface area contributed by atoms with Crippen LogP contribution in [-0.2, 0) is 0 Å². The second kappa shape index (κ2) is 11.1. The molecule has 0 spiro atoms. The number of aromatic nitrogens is 2. The number of likely N-dealkylation sites (tertiary alicyclic amines) is 1. The SMILES string of the molecule is CC(CNC(=O)c1c(C(N)=O)ncn1-c1ccc(NC(=O)c2ccc(F)cc2)cc1)N1CCCCC1. The molecule has 0 radical (unpaired) electrons. The number of amides is 3. The third-order valence-corrected chi connectivity index (χ3v) is 6.30. The molecule has 36 heavy (non-hydrogen) atoms. The lowest BCUT2D eigenvalue weighted by Gasteiger charge is -2.32. The summed E-state index contributed by atoms with van der Waals surface area (Å²) in [5.74, 6) is -2.05. The van der Waals surface area contributed by atoms with Gasteiger partial charge in [-0.15, -0.1) is 0 Å². The average molecular weight is 493 g/mol. The maximum absolute atomic E-state index is 13.1. The van der Waals surface area contributed by atoms with E-state index in [1.807, 2.05) is 0 Å². The third kappa shape index (κ3) is 5.77. The lowest BCUT2D eigenvalue weighted by Crippen LogP contribution is -2.44. The molecule has 0 aliphatic carbocycles. The molecule has 0 bridgehead atoms. The van der Waals surface area contributed by atoms with Gasteiger partial charge in [-0.25, -0.2) is 9.37 Å². The summed E-state index contributed by atoms with van der Waals surface area (Å²) in [6.07, 6.45) is 4.90. The van der Waals surface area contributed by atoms with Gasteiger partial charge in [0.25, 0.3) is 17.7 Å². The Hall–Kier alpha value is -4.05. The Morgan fingerprint density at radius 2 is 1.67 bits per heavy atom. The molecule has 4 rings (SSSR count). The fourth-order valence-electron chi connectivity index (χ4n) is 4.26. The van der Waals surface area contributed by atoms with Gasteiger partial charge in [0.2, 0.25) is 0 Å². The van der Waals surface area contributed by atoms with Crippen molar-refractivity contribution >= 4 is 23.4 Å².